The average molecular weight is 251 g/mol. The maximum absolute atomic E-state index is 13.2. The van der Waals surface area contributed by atoms with Gasteiger partial charge in [-0.3, -0.25) is 0 Å². The third kappa shape index (κ3) is 3.05. The number of halogens is 1. The monoisotopic (exact) mass is 251 g/mol. The van der Waals surface area contributed by atoms with Gasteiger partial charge in [-0.15, -0.1) is 0 Å². The molecule has 2 aromatic rings. The minimum Gasteiger partial charge on any atom is -0.488 e. The van der Waals surface area contributed by atoms with E-state index in [4.69, 9.17) is 10.5 Å². The number of hydrogen-bond acceptors (Lipinski definition) is 3. The zero-order chi connectivity index (χ0) is 12.3. The Labute approximate surface area is 104 Å². The summed E-state index contributed by atoms with van der Waals surface area (Å²) >= 11 is 1.61. The van der Waals surface area contributed by atoms with Gasteiger partial charge in [-0.05, 0) is 35.4 Å². The molecule has 0 fully saturated rings. The molecule has 4 heteroatoms. The van der Waals surface area contributed by atoms with Crippen molar-refractivity contribution in [1.82, 2.24) is 0 Å². The molecule has 0 spiro atoms. The molecule has 0 amide bonds. The molecule has 0 unspecified atom stereocenters. The summed E-state index contributed by atoms with van der Waals surface area (Å²) in [5.74, 6) is 0.209. The van der Waals surface area contributed by atoms with Gasteiger partial charge in [-0.1, -0.05) is 6.07 Å². The molecule has 1 aromatic carbocycles. The highest BCUT2D eigenvalue weighted by molar-refractivity contribution is 7.07. The topological polar surface area (TPSA) is 35.2 Å². The largest absolute Gasteiger partial charge is 0.488 e. The molecule has 2 N–H and O–H groups in total. The minimum atomic E-state index is -0.310. The zero-order valence-corrected chi connectivity index (χ0v) is 10.3. The number of nitrogens with two attached hydrogens (primary N) is 1. The van der Waals surface area contributed by atoms with Crippen molar-refractivity contribution in [1.29, 1.82) is 0 Å². The van der Waals surface area contributed by atoms with Crippen LogP contribution in [0.1, 0.15) is 24.1 Å². The molecule has 0 saturated heterocycles. The van der Waals surface area contributed by atoms with Crippen LogP contribution in [0.15, 0.2) is 35.0 Å². The van der Waals surface area contributed by atoms with E-state index in [2.05, 4.69) is 0 Å². The Hall–Kier alpha value is -1.39. The van der Waals surface area contributed by atoms with E-state index >= 15 is 0 Å². The van der Waals surface area contributed by atoms with Crippen LogP contribution in [0.25, 0.3) is 0 Å². The van der Waals surface area contributed by atoms with Crippen molar-refractivity contribution in [3.05, 3.63) is 52.0 Å². The van der Waals surface area contributed by atoms with Crippen LogP contribution in [0, 0.1) is 5.82 Å². The van der Waals surface area contributed by atoms with Gasteiger partial charge in [0.1, 0.15) is 18.2 Å². The molecule has 0 aliphatic heterocycles. The Balaban J connectivity index is 2.16. The Morgan fingerprint density at radius 2 is 2.24 bits per heavy atom. The van der Waals surface area contributed by atoms with Crippen molar-refractivity contribution < 1.29 is 9.13 Å². The predicted octanol–water partition coefficient (Wildman–Crippen LogP) is 3.49. The predicted molar refractivity (Wildman–Crippen MR) is 67.7 cm³/mol. The van der Waals surface area contributed by atoms with Gasteiger partial charge < -0.3 is 10.5 Å². The Kier molecular flexibility index (Phi) is 3.76. The molecule has 2 nitrogen and oxygen atoms in total. The van der Waals surface area contributed by atoms with Gasteiger partial charge in [0.05, 0.1) is 0 Å². The van der Waals surface area contributed by atoms with Gasteiger partial charge in [0.2, 0.25) is 0 Å². The molecule has 0 saturated carbocycles. The second kappa shape index (κ2) is 5.29. The molecule has 1 atom stereocenters. The van der Waals surface area contributed by atoms with Gasteiger partial charge in [0.15, 0.2) is 0 Å². The highest BCUT2D eigenvalue weighted by Crippen LogP contribution is 2.25. The first-order chi connectivity index (χ1) is 8.16. The lowest BCUT2D eigenvalue weighted by molar-refractivity contribution is 0.300. The van der Waals surface area contributed by atoms with Crippen LogP contribution in [0.5, 0.6) is 5.75 Å². The molecule has 1 aromatic heterocycles. The molecule has 2 rings (SSSR count). The standard InChI is InChI=1S/C13H14FNOS/c1-9(15)12-3-2-11(14)6-13(12)16-7-10-4-5-17-8-10/h2-6,8-9H,7,15H2,1H3/t9-/m1/s1. The molecule has 17 heavy (non-hydrogen) atoms. The zero-order valence-electron chi connectivity index (χ0n) is 9.52. The van der Waals surface area contributed by atoms with E-state index in [1.807, 2.05) is 23.8 Å². The lowest BCUT2D eigenvalue weighted by Crippen LogP contribution is -2.08. The summed E-state index contributed by atoms with van der Waals surface area (Å²) in [6.07, 6.45) is 0. The average Bonchev–Trinajstić information content (AvgIpc) is 2.78. The van der Waals surface area contributed by atoms with Gasteiger partial charge in [-0.25, -0.2) is 4.39 Å². The Bertz CT molecular complexity index is 482. The molecule has 90 valence electrons. The highest BCUT2D eigenvalue weighted by atomic mass is 32.1. The molecule has 0 aliphatic carbocycles. The molecular formula is C13H14FNOS. The summed E-state index contributed by atoms with van der Waals surface area (Å²) in [4.78, 5) is 0. The van der Waals surface area contributed by atoms with E-state index in [0.29, 0.717) is 12.4 Å². The van der Waals surface area contributed by atoms with Crippen molar-refractivity contribution in [2.24, 2.45) is 5.73 Å². The van der Waals surface area contributed by atoms with Gasteiger partial charge in [0.25, 0.3) is 0 Å². The fraction of sp³-hybridized carbons (Fsp3) is 0.231. The second-order valence-corrected chi connectivity index (χ2v) is 4.67. The summed E-state index contributed by atoms with van der Waals surface area (Å²) in [5.41, 5.74) is 7.71. The fourth-order valence-corrected chi connectivity index (χ4v) is 2.20. The SMILES string of the molecule is C[C@@H](N)c1ccc(F)cc1OCc1ccsc1. The van der Waals surface area contributed by atoms with Crippen molar-refractivity contribution in [2.45, 2.75) is 19.6 Å². The molecule has 0 radical (unpaired) electrons. The molecule has 0 bridgehead atoms. The van der Waals surface area contributed by atoms with Crippen LogP contribution in [0.4, 0.5) is 4.39 Å². The summed E-state index contributed by atoms with van der Waals surface area (Å²) in [6.45, 7) is 2.29. The van der Waals surface area contributed by atoms with E-state index in [9.17, 15) is 4.39 Å². The maximum atomic E-state index is 13.2. The van der Waals surface area contributed by atoms with Crippen molar-refractivity contribution in [2.75, 3.05) is 0 Å². The first-order valence-electron chi connectivity index (χ1n) is 5.35. The third-order valence-electron chi connectivity index (χ3n) is 2.44. The first-order valence-corrected chi connectivity index (χ1v) is 6.30. The molecule has 0 aliphatic rings. The molecule has 1 heterocycles. The van der Waals surface area contributed by atoms with E-state index in [-0.39, 0.29) is 11.9 Å². The van der Waals surface area contributed by atoms with E-state index in [1.54, 1.807) is 17.4 Å². The smallest absolute Gasteiger partial charge is 0.127 e. The number of benzene rings is 1. The fourth-order valence-electron chi connectivity index (χ4n) is 1.55. The van der Waals surface area contributed by atoms with E-state index in [0.717, 1.165) is 11.1 Å². The second-order valence-electron chi connectivity index (χ2n) is 3.89. The van der Waals surface area contributed by atoms with Crippen LogP contribution < -0.4 is 10.5 Å². The van der Waals surface area contributed by atoms with E-state index < -0.39 is 0 Å². The van der Waals surface area contributed by atoms with Gasteiger partial charge in [-0.2, -0.15) is 11.3 Å². The van der Waals surface area contributed by atoms with Crippen molar-refractivity contribution >= 4 is 11.3 Å². The summed E-state index contributed by atoms with van der Waals surface area (Å²) in [6, 6.07) is 6.26. The summed E-state index contributed by atoms with van der Waals surface area (Å²) < 4.78 is 18.8. The normalized spacial score (nSPS) is 12.4. The Morgan fingerprint density at radius 1 is 1.41 bits per heavy atom. The van der Waals surface area contributed by atoms with Crippen LogP contribution >= 0.6 is 11.3 Å². The molecular weight excluding hydrogens is 237 g/mol. The highest BCUT2D eigenvalue weighted by Gasteiger charge is 2.09. The third-order valence-corrected chi connectivity index (χ3v) is 3.17. The van der Waals surface area contributed by atoms with Crippen LogP contribution in [-0.4, -0.2) is 0 Å². The Morgan fingerprint density at radius 3 is 2.88 bits per heavy atom. The van der Waals surface area contributed by atoms with Crippen molar-refractivity contribution in [3.63, 3.8) is 0 Å². The minimum absolute atomic E-state index is 0.173. The maximum Gasteiger partial charge on any atom is 0.127 e. The summed E-state index contributed by atoms with van der Waals surface area (Å²) in [5, 5.41) is 3.99. The van der Waals surface area contributed by atoms with Gasteiger partial charge >= 0.3 is 0 Å². The van der Waals surface area contributed by atoms with Crippen LogP contribution in [0.2, 0.25) is 0 Å². The lowest BCUT2D eigenvalue weighted by Gasteiger charge is -2.13. The number of hydrogen-bond donors (Lipinski definition) is 1. The summed E-state index contributed by atoms with van der Waals surface area (Å²) in [7, 11) is 0. The van der Waals surface area contributed by atoms with Gasteiger partial charge in [0, 0.05) is 17.7 Å². The number of rotatable bonds is 4. The van der Waals surface area contributed by atoms with Crippen LogP contribution in [-0.2, 0) is 6.61 Å². The van der Waals surface area contributed by atoms with Crippen LogP contribution in [0.3, 0.4) is 0 Å². The van der Waals surface area contributed by atoms with E-state index in [1.165, 1.54) is 12.1 Å². The van der Waals surface area contributed by atoms with Crippen molar-refractivity contribution in [3.8, 4) is 5.75 Å². The lowest BCUT2D eigenvalue weighted by atomic mass is 10.1. The quantitative estimate of drug-likeness (QED) is 0.902. The number of thiophene rings is 1. The number of ether oxygens (including phenoxy) is 1. The first kappa shape index (κ1) is 12.1.